The van der Waals surface area contributed by atoms with E-state index in [0.29, 0.717) is 23.9 Å². The van der Waals surface area contributed by atoms with Crippen LogP contribution in [0, 0.1) is 5.41 Å². The number of amides is 3. The summed E-state index contributed by atoms with van der Waals surface area (Å²) in [7, 11) is 0. The van der Waals surface area contributed by atoms with Crippen LogP contribution in [0.3, 0.4) is 0 Å². The summed E-state index contributed by atoms with van der Waals surface area (Å²) in [5, 5.41) is 2.35. The van der Waals surface area contributed by atoms with Crippen molar-refractivity contribution in [3.8, 4) is 11.3 Å². The second-order valence-corrected chi connectivity index (χ2v) is 10.3. The lowest BCUT2D eigenvalue weighted by molar-refractivity contribution is -0.136. The molecule has 0 saturated carbocycles. The van der Waals surface area contributed by atoms with Crippen molar-refractivity contribution in [3.63, 3.8) is 0 Å². The molecule has 7 nitrogen and oxygen atoms in total. The van der Waals surface area contributed by atoms with Crippen LogP contribution in [0.2, 0.25) is 0 Å². The van der Waals surface area contributed by atoms with Gasteiger partial charge in [0.1, 0.15) is 6.04 Å². The van der Waals surface area contributed by atoms with Crippen molar-refractivity contribution in [2.45, 2.75) is 58.7 Å². The van der Waals surface area contributed by atoms with Crippen LogP contribution < -0.4 is 5.32 Å². The van der Waals surface area contributed by atoms with Gasteiger partial charge in [0.25, 0.3) is 5.91 Å². The van der Waals surface area contributed by atoms with E-state index in [1.54, 1.807) is 4.90 Å². The molecule has 0 radical (unpaired) electrons. The maximum Gasteiger partial charge on any atom is 0.255 e. The molecule has 3 amide bonds. The van der Waals surface area contributed by atoms with Gasteiger partial charge in [0.2, 0.25) is 11.8 Å². The van der Waals surface area contributed by atoms with Gasteiger partial charge in [0, 0.05) is 36.8 Å². The Labute approximate surface area is 194 Å². The fraction of sp³-hybridized carbons (Fsp3) is 0.462. The van der Waals surface area contributed by atoms with Gasteiger partial charge in [-0.25, -0.2) is 0 Å². The molecule has 0 bridgehead atoms. The van der Waals surface area contributed by atoms with E-state index in [-0.39, 0.29) is 24.1 Å². The standard InChI is InChI=1S/C26H30N4O3/c1-26(2)8-11-29(12-9-26)15-17-7-10-27-21(13-17)18-3-4-20-19(14-18)16-30(25(20)33)22-5-6-23(31)28-24(22)32/h3-4,7,10,13-14,22H,5-6,8-9,11-12,15-16H2,1-2H3,(H,28,31,32). The van der Waals surface area contributed by atoms with Crippen molar-refractivity contribution in [3.05, 3.63) is 53.2 Å². The van der Waals surface area contributed by atoms with Crippen LogP contribution in [0.4, 0.5) is 0 Å². The van der Waals surface area contributed by atoms with Gasteiger partial charge in [-0.2, -0.15) is 0 Å². The fourth-order valence-electron chi connectivity index (χ4n) is 5.04. The lowest BCUT2D eigenvalue weighted by Gasteiger charge is -2.36. The second-order valence-electron chi connectivity index (χ2n) is 10.3. The van der Waals surface area contributed by atoms with Gasteiger partial charge >= 0.3 is 0 Å². The van der Waals surface area contributed by atoms with Crippen LogP contribution in [-0.2, 0) is 22.7 Å². The Hall–Kier alpha value is -3.06. The lowest BCUT2D eigenvalue weighted by atomic mass is 9.82. The quantitative estimate of drug-likeness (QED) is 0.730. The molecule has 1 aromatic carbocycles. The third-order valence-electron chi connectivity index (χ3n) is 7.26. The number of carbonyl (C=O) groups is 3. The number of rotatable bonds is 4. The zero-order valence-corrected chi connectivity index (χ0v) is 19.3. The molecule has 3 aliphatic heterocycles. The maximum absolute atomic E-state index is 12.9. The van der Waals surface area contributed by atoms with Crippen molar-refractivity contribution >= 4 is 17.7 Å². The topological polar surface area (TPSA) is 82.6 Å². The number of imide groups is 1. The van der Waals surface area contributed by atoms with E-state index in [9.17, 15) is 14.4 Å². The summed E-state index contributed by atoms with van der Waals surface area (Å²) in [5.74, 6) is -0.814. The van der Waals surface area contributed by atoms with Gasteiger partial charge in [-0.3, -0.25) is 29.6 Å². The van der Waals surface area contributed by atoms with E-state index < -0.39 is 6.04 Å². The Morgan fingerprint density at radius 3 is 2.64 bits per heavy atom. The zero-order chi connectivity index (χ0) is 23.2. The number of pyridine rings is 1. The van der Waals surface area contributed by atoms with E-state index in [2.05, 4.69) is 41.2 Å². The number of fused-ring (bicyclic) bond motifs is 1. The van der Waals surface area contributed by atoms with E-state index in [0.717, 1.165) is 36.5 Å². The molecule has 1 atom stereocenters. The predicted octanol–water partition coefficient (Wildman–Crippen LogP) is 3.13. The normalized spacial score (nSPS) is 22.9. The number of aromatic nitrogens is 1. The highest BCUT2D eigenvalue weighted by molar-refractivity contribution is 6.05. The molecular weight excluding hydrogens is 416 g/mol. The molecule has 2 saturated heterocycles. The lowest BCUT2D eigenvalue weighted by Crippen LogP contribution is -2.52. The van der Waals surface area contributed by atoms with Gasteiger partial charge in [-0.1, -0.05) is 19.9 Å². The van der Waals surface area contributed by atoms with E-state index >= 15 is 0 Å². The number of benzene rings is 1. The van der Waals surface area contributed by atoms with Crippen molar-refractivity contribution in [1.82, 2.24) is 20.1 Å². The summed E-state index contributed by atoms with van der Waals surface area (Å²) in [6.07, 6.45) is 4.91. The smallest absolute Gasteiger partial charge is 0.255 e. The van der Waals surface area contributed by atoms with Gasteiger partial charge in [0.15, 0.2) is 0 Å². The Bertz CT molecular complexity index is 1120. The molecule has 4 heterocycles. The Balaban J connectivity index is 1.32. The summed E-state index contributed by atoms with van der Waals surface area (Å²) in [6, 6.07) is 9.39. The summed E-state index contributed by atoms with van der Waals surface area (Å²) in [4.78, 5) is 45.3. The van der Waals surface area contributed by atoms with Crippen LogP contribution in [0.15, 0.2) is 36.5 Å². The largest absolute Gasteiger partial charge is 0.322 e. The molecular formula is C26H30N4O3. The Morgan fingerprint density at radius 1 is 1.09 bits per heavy atom. The summed E-state index contributed by atoms with van der Waals surface area (Å²) in [5.41, 5.74) is 5.04. The first-order valence-corrected chi connectivity index (χ1v) is 11.7. The molecule has 33 heavy (non-hydrogen) atoms. The van der Waals surface area contributed by atoms with E-state index in [1.165, 1.54) is 18.4 Å². The third-order valence-corrected chi connectivity index (χ3v) is 7.26. The van der Waals surface area contributed by atoms with Gasteiger partial charge in [-0.05, 0) is 73.2 Å². The van der Waals surface area contributed by atoms with Crippen LogP contribution >= 0.6 is 0 Å². The predicted molar refractivity (Wildman–Crippen MR) is 124 cm³/mol. The molecule has 0 aliphatic carbocycles. The molecule has 3 aliphatic rings. The highest BCUT2D eigenvalue weighted by Gasteiger charge is 2.39. The number of likely N-dealkylation sites (tertiary alicyclic amines) is 1. The molecule has 2 aromatic rings. The van der Waals surface area contributed by atoms with Gasteiger partial charge < -0.3 is 4.90 Å². The molecule has 5 rings (SSSR count). The number of carbonyl (C=O) groups excluding carboxylic acids is 3. The van der Waals surface area contributed by atoms with Crippen LogP contribution in [0.1, 0.15) is 61.0 Å². The number of nitrogens with zero attached hydrogens (tertiary/aromatic N) is 3. The van der Waals surface area contributed by atoms with Crippen molar-refractivity contribution in [2.24, 2.45) is 5.41 Å². The molecule has 0 spiro atoms. The number of hydrogen-bond donors (Lipinski definition) is 1. The summed E-state index contributed by atoms with van der Waals surface area (Å²) in [6.45, 7) is 8.20. The first kappa shape index (κ1) is 21.8. The minimum absolute atomic E-state index is 0.152. The van der Waals surface area contributed by atoms with Gasteiger partial charge in [0.05, 0.1) is 5.69 Å². The molecule has 1 aromatic heterocycles. The Morgan fingerprint density at radius 2 is 1.88 bits per heavy atom. The third kappa shape index (κ3) is 4.42. The number of nitrogens with one attached hydrogen (secondary N) is 1. The molecule has 2 fully saturated rings. The number of hydrogen-bond acceptors (Lipinski definition) is 5. The minimum Gasteiger partial charge on any atom is -0.322 e. The van der Waals surface area contributed by atoms with Crippen molar-refractivity contribution in [2.75, 3.05) is 13.1 Å². The van der Waals surface area contributed by atoms with Gasteiger partial charge in [-0.15, -0.1) is 0 Å². The monoisotopic (exact) mass is 446 g/mol. The maximum atomic E-state index is 12.9. The average molecular weight is 447 g/mol. The van der Waals surface area contributed by atoms with Crippen LogP contribution in [-0.4, -0.2) is 51.6 Å². The summed E-state index contributed by atoms with van der Waals surface area (Å²) < 4.78 is 0. The highest BCUT2D eigenvalue weighted by Crippen LogP contribution is 2.32. The van der Waals surface area contributed by atoms with Crippen molar-refractivity contribution < 1.29 is 14.4 Å². The highest BCUT2D eigenvalue weighted by atomic mass is 16.2. The van der Waals surface area contributed by atoms with Crippen LogP contribution in [0.5, 0.6) is 0 Å². The summed E-state index contributed by atoms with van der Waals surface area (Å²) >= 11 is 0. The number of piperidine rings is 2. The average Bonchev–Trinajstić information content (AvgIpc) is 3.11. The van der Waals surface area contributed by atoms with Crippen LogP contribution in [0.25, 0.3) is 11.3 Å². The molecule has 7 heteroatoms. The first-order valence-electron chi connectivity index (χ1n) is 11.7. The van der Waals surface area contributed by atoms with E-state index in [4.69, 9.17) is 0 Å². The Kier molecular flexibility index (Phi) is 5.52. The SMILES string of the molecule is CC1(C)CCN(Cc2ccnc(-c3ccc4c(c3)CN(C3CCC(=O)NC3=O)C4=O)c2)CC1. The minimum atomic E-state index is -0.595. The fourth-order valence-corrected chi connectivity index (χ4v) is 5.04. The molecule has 1 unspecified atom stereocenters. The van der Waals surface area contributed by atoms with E-state index in [1.807, 2.05) is 24.4 Å². The van der Waals surface area contributed by atoms with Crippen molar-refractivity contribution in [1.29, 1.82) is 0 Å². The first-order chi connectivity index (χ1) is 15.8. The zero-order valence-electron chi connectivity index (χ0n) is 19.3. The second kappa shape index (κ2) is 8.37. The molecule has 172 valence electrons. The molecule has 1 N–H and O–H groups in total.